The molecule has 0 nitrogen and oxygen atoms in total. The van der Waals surface area contributed by atoms with E-state index >= 15 is 0 Å². The van der Waals surface area contributed by atoms with Crippen molar-refractivity contribution in [2.45, 2.75) is 50.1 Å². The lowest BCUT2D eigenvalue weighted by molar-refractivity contribution is -0.369. The van der Waals surface area contributed by atoms with E-state index < -0.39 is 33.6 Å². The van der Waals surface area contributed by atoms with Crippen molar-refractivity contribution in [3.8, 4) is 0 Å². The molecule has 0 bridgehead atoms. The van der Waals surface area contributed by atoms with E-state index in [1.54, 1.807) is 6.92 Å². The van der Waals surface area contributed by atoms with Crippen LogP contribution in [0.2, 0.25) is 0 Å². The molecule has 0 aliphatic rings. The summed E-state index contributed by atoms with van der Waals surface area (Å²) < 4.78 is 112. The zero-order valence-corrected chi connectivity index (χ0v) is 12.1. The number of alkyl halides is 9. The summed E-state index contributed by atoms with van der Waals surface area (Å²) >= 11 is 1.12. The minimum atomic E-state index is -6.66. The van der Waals surface area contributed by atoms with Gasteiger partial charge in [-0.25, -0.2) is 4.39 Å². The predicted molar refractivity (Wildman–Crippen MR) is 62.5 cm³/mol. The second-order valence-electron chi connectivity index (χ2n) is 3.98. The van der Waals surface area contributed by atoms with Crippen LogP contribution in [0.15, 0.2) is 9.66 Å². The number of hydrogen-bond acceptors (Lipinski definition) is 0. The van der Waals surface area contributed by atoms with Gasteiger partial charge in [0.15, 0.2) is 0 Å². The average Bonchev–Trinajstić information content (AvgIpc) is 2.22. The van der Waals surface area contributed by atoms with E-state index in [0.29, 0.717) is 6.42 Å². The molecule has 0 aliphatic heterocycles. The van der Waals surface area contributed by atoms with Crippen LogP contribution in [0.25, 0.3) is 0 Å². The quantitative estimate of drug-likeness (QED) is 0.375. The molecule has 0 saturated carbocycles. The van der Waals surface area contributed by atoms with Gasteiger partial charge in [-0.1, -0.05) is 13.3 Å². The Morgan fingerprint density at radius 2 is 1.35 bits per heavy atom. The van der Waals surface area contributed by atoms with Crippen LogP contribution in [-0.2, 0) is 0 Å². The standard InChI is InChI=1S/C10H10F9I/c1-2-3-4-6(20)5-7(11,9(14,15)16)8(12,13)10(17,18)19/h5H,2-4H2,1H3. The lowest BCUT2D eigenvalue weighted by Crippen LogP contribution is -2.61. The van der Waals surface area contributed by atoms with Crippen molar-refractivity contribution < 1.29 is 39.5 Å². The molecule has 0 aromatic heterocycles. The largest absolute Gasteiger partial charge is 0.457 e. The second kappa shape index (κ2) is 6.30. The van der Waals surface area contributed by atoms with Crippen molar-refractivity contribution >= 4 is 22.6 Å². The minimum absolute atomic E-state index is 0.216. The molecule has 0 radical (unpaired) electrons. The molecular weight excluding hydrogens is 418 g/mol. The van der Waals surface area contributed by atoms with E-state index in [1.165, 1.54) is 0 Å². The Bertz CT molecular complexity index is 355. The predicted octanol–water partition coefficient (Wildman–Crippen LogP) is 5.96. The topological polar surface area (TPSA) is 0 Å². The fourth-order valence-corrected chi connectivity index (χ4v) is 2.00. The van der Waals surface area contributed by atoms with Crippen LogP contribution in [0, 0.1) is 0 Å². The van der Waals surface area contributed by atoms with Crippen LogP contribution in [0.5, 0.6) is 0 Å². The van der Waals surface area contributed by atoms with Crippen LogP contribution in [0.3, 0.4) is 0 Å². The van der Waals surface area contributed by atoms with Crippen LogP contribution in [-0.4, -0.2) is 23.9 Å². The average molecular weight is 428 g/mol. The fourth-order valence-electron chi connectivity index (χ4n) is 1.19. The summed E-state index contributed by atoms with van der Waals surface area (Å²) in [5.74, 6) is -6.57. The van der Waals surface area contributed by atoms with Crippen molar-refractivity contribution in [1.29, 1.82) is 0 Å². The molecule has 0 aromatic rings. The van der Waals surface area contributed by atoms with Gasteiger partial charge in [0.1, 0.15) is 0 Å². The molecule has 20 heavy (non-hydrogen) atoms. The highest BCUT2D eigenvalue weighted by molar-refractivity contribution is 14.1. The summed E-state index contributed by atoms with van der Waals surface area (Å²) in [6, 6.07) is 0. The van der Waals surface area contributed by atoms with Gasteiger partial charge in [-0.05, 0) is 45.1 Å². The van der Waals surface area contributed by atoms with Crippen molar-refractivity contribution in [3.63, 3.8) is 0 Å². The van der Waals surface area contributed by atoms with Crippen LogP contribution in [0.1, 0.15) is 26.2 Å². The van der Waals surface area contributed by atoms with Gasteiger partial charge in [0.2, 0.25) is 0 Å². The maximum atomic E-state index is 13.6. The molecule has 1 atom stereocenters. The molecule has 0 saturated heterocycles. The Kier molecular flexibility index (Phi) is 6.25. The molecule has 120 valence electrons. The Morgan fingerprint density at radius 1 is 0.900 bits per heavy atom. The van der Waals surface area contributed by atoms with Crippen LogP contribution >= 0.6 is 22.6 Å². The lowest BCUT2D eigenvalue weighted by atomic mass is 9.95. The molecule has 0 rings (SSSR count). The maximum Gasteiger partial charge on any atom is 0.457 e. The van der Waals surface area contributed by atoms with Gasteiger partial charge in [0.05, 0.1) is 0 Å². The van der Waals surface area contributed by atoms with Crippen LogP contribution < -0.4 is 0 Å². The highest BCUT2D eigenvalue weighted by Gasteiger charge is 2.80. The zero-order chi connectivity index (χ0) is 16.4. The Balaban J connectivity index is 5.79. The maximum absolute atomic E-state index is 13.6. The van der Waals surface area contributed by atoms with E-state index in [2.05, 4.69) is 0 Å². The molecule has 0 amide bonds. The summed E-state index contributed by atoms with van der Waals surface area (Å²) in [6.07, 6.45) is -13.3. The van der Waals surface area contributed by atoms with Gasteiger partial charge in [-0.15, -0.1) is 0 Å². The highest BCUT2D eigenvalue weighted by Crippen LogP contribution is 2.54. The van der Waals surface area contributed by atoms with Crippen molar-refractivity contribution in [2.24, 2.45) is 0 Å². The first-order valence-electron chi connectivity index (χ1n) is 5.28. The van der Waals surface area contributed by atoms with Gasteiger partial charge in [0.25, 0.3) is 5.67 Å². The first-order valence-corrected chi connectivity index (χ1v) is 6.36. The Hall–Kier alpha value is -0.160. The monoisotopic (exact) mass is 428 g/mol. The first kappa shape index (κ1) is 19.8. The first-order chi connectivity index (χ1) is 8.70. The Labute approximate surface area is 122 Å². The van der Waals surface area contributed by atoms with Crippen molar-refractivity contribution in [3.05, 3.63) is 9.66 Å². The third kappa shape index (κ3) is 3.94. The summed E-state index contributed by atoms with van der Waals surface area (Å²) in [7, 11) is 0. The van der Waals surface area contributed by atoms with Crippen molar-refractivity contribution in [1.82, 2.24) is 0 Å². The van der Waals surface area contributed by atoms with Gasteiger partial charge >= 0.3 is 18.3 Å². The lowest BCUT2D eigenvalue weighted by Gasteiger charge is -2.34. The number of hydrogen-bond donors (Lipinski definition) is 0. The zero-order valence-electron chi connectivity index (χ0n) is 9.98. The number of rotatable bonds is 5. The minimum Gasteiger partial charge on any atom is -0.222 e. The molecule has 0 aliphatic carbocycles. The van der Waals surface area contributed by atoms with E-state index in [4.69, 9.17) is 0 Å². The summed E-state index contributed by atoms with van der Waals surface area (Å²) in [4.78, 5) is 0. The van der Waals surface area contributed by atoms with Gasteiger partial charge in [0, 0.05) is 0 Å². The summed E-state index contributed by atoms with van der Waals surface area (Å²) in [5, 5.41) is 0. The molecule has 0 aromatic carbocycles. The summed E-state index contributed by atoms with van der Waals surface area (Å²) in [5.41, 5.74) is -5.79. The highest BCUT2D eigenvalue weighted by atomic mass is 127. The van der Waals surface area contributed by atoms with E-state index in [9.17, 15) is 39.5 Å². The molecular formula is C10H10F9I. The molecule has 0 fully saturated rings. The van der Waals surface area contributed by atoms with E-state index in [0.717, 1.165) is 22.6 Å². The number of halogens is 10. The molecule has 0 spiro atoms. The van der Waals surface area contributed by atoms with Gasteiger partial charge in [-0.2, -0.15) is 35.1 Å². The second-order valence-corrected chi connectivity index (χ2v) is 5.36. The number of allylic oxidation sites excluding steroid dienone is 2. The van der Waals surface area contributed by atoms with Gasteiger partial charge < -0.3 is 0 Å². The third-order valence-corrected chi connectivity index (χ3v) is 3.20. The fraction of sp³-hybridized carbons (Fsp3) is 0.800. The molecule has 0 N–H and O–H groups in total. The van der Waals surface area contributed by atoms with Gasteiger partial charge in [-0.3, -0.25) is 0 Å². The number of unbranched alkanes of at least 4 members (excludes halogenated alkanes) is 1. The normalized spacial score (nSPS) is 18.1. The molecule has 0 heterocycles. The molecule has 10 heteroatoms. The van der Waals surface area contributed by atoms with Crippen LogP contribution in [0.4, 0.5) is 39.5 Å². The van der Waals surface area contributed by atoms with E-state index in [1.807, 2.05) is 0 Å². The van der Waals surface area contributed by atoms with E-state index in [-0.39, 0.29) is 12.8 Å². The van der Waals surface area contributed by atoms with Crippen molar-refractivity contribution in [2.75, 3.05) is 0 Å². The summed E-state index contributed by atoms with van der Waals surface area (Å²) in [6.45, 7) is 1.63. The smallest absolute Gasteiger partial charge is 0.222 e. The third-order valence-electron chi connectivity index (χ3n) is 2.35. The SMILES string of the molecule is CCCCC(I)=CC(F)(C(F)(F)F)C(F)(F)C(F)(F)F. The Morgan fingerprint density at radius 3 is 1.65 bits per heavy atom. The molecule has 1 unspecified atom stereocenters.